The summed E-state index contributed by atoms with van der Waals surface area (Å²) in [5.74, 6) is 1.14. The molecule has 0 aromatic carbocycles. The Bertz CT molecular complexity index is 637. The SMILES string of the molecule is O=C(Nc1cc2n(n1)CCC2)Nc1nnc(C2CC2)s1. The van der Waals surface area contributed by atoms with Crippen LogP contribution in [0.1, 0.15) is 35.9 Å². The number of carbonyl (C=O) groups is 1. The molecule has 2 amide bonds. The minimum Gasteiger partial charge on any atom is -0.291 e. The second kappa shape index (κ2) is 4.55. The lowest BCUT2D eigenvalue weighted by atomic mass is 10.3. The van der Waals surface area contributed by atoms with Crippen LogP contribution in [0, 0.1) is 0 Å². The molecule has 104 valence electrons. The molecule has 20 heavy (non-hydrogen) atoms. The number of nitrogens with zero attached hydrogens (tertiary/aromatic N) is 4. The number of aromatic nitrogens is 4. The predicted octanol–water partition coefficient (Wildman–Crippen LogP) is 2.20. The first-order valence-corrected chi connectivity index (χ1v) is 7.58. The number of rotatable bonds is 3. The highest BCUT2D eigenvalue weighted by atomic mass is 32.1. The average Bonchev–Trinajstić information content (AvgIpc) is 2.81. The van der Waals surface area contributed by atoms with Crippen molar-refractivity contribution in [2.75, 3.05) is 10.6 Å². The van der Waals surface area contributed by atoms with Crippen molar-refractivity contribution in [2.45, 2.75) is 38.1 Å². The van der Waals surface area contributed by atoms with E-state index in [-0.39, 0.29) is 6.03 Å². The van der Waals surface area contributed by atoms with E-state index >= 15 is 0 Å². The third-order valence-corrected chi connectivity index (χ3v) is 4.50. The zero-order valence-electron chi connectivity index (χ0n) is 10.8. The molecule has 2 aromatic heterocycles. The number of hydrogen-bond donors (Lipinski definition) is 2. The van der Waals surface area contributed by atoms with Gasteiger partial charge in [0.2, 0.25) is 5.13 Å². The van der Waals surface area contributed by atoms with Crippen molar-refractivity contribution in [3.63, 3.8) is 0 Å². The molecule has 1 aliphatic heterocycles. The first-order valence-electron chi connectivity index (χ1n) is 6.76. The second-order valence-corrected chi connectivity index (χ2v) is 6.16. The Morgan fingerprint density at radius 2 is 2.25 bits per heavy atom. The lowest BCUT2D eigenvalue weighted by Gasteiger charge is -2.01. The van der Waals surface area contributed by atoms with Gasteiger partial charge in [-0.05, 0) is 25.7 Å². The summed E-state index contributed by atoms with van der Waals surface area (Å²) in [5.41, 5.74) is 1.17. The van der Waals surface area contributed by atoms with Crippen LogP contribution in [0.3, 0.4) is 0 Å². The fraction of sp³-hybridized carbons (Fsp3) is 0.500. The Morgan fingerprint density at radius 1 is 1.35 bits per heavy atom. The molecule has 4 rings (SSSR count). The van der Waals surface area contributed by atoms with Gasteiger partial charge >= 0.3 is 6.03 Å². The van der Waals surface area contributed by atoms with E-state index in [1.54, 1.807) is 0 Å². The number of fused-ring (bicyclic) bond motifs is 1. The van der Waals surface area contributed by atoms with Gasteiger partial charge in [0.25, 0.3) is 0 Å². The Labute approximate surface area is 119 Å². The summed E-state index contributed by atoms with van der Waals surface area (Å²) in [5, 5.41) is 19.4. The van der Waals surface area contributed by atoms with Crippen molar-refractivity contribution in [1.82, 2.24) is 20.0 Å². The summed E-state index contributed by atoms with van der Waals surface area (Å²) < 4.78 is 1.94. The quantitative estimate of drug-likeness (QED) is 0.907. The van der Waals surface area contributed by atoms with Gasteiger partial charge in [-0.25, -0.2) is 4.79 Å². The number of amides is 2. The zero-order valence-corrected chi connectivity index (χ0v) is 11.6. The van der Waals surface area contributed by atoms with E-state index in [9.17, 15) is 4.79 Å². The molecule has 1 fully saturated rings. The molecule has 2 N–H and O–H groups in total. The van der Waals surface area contributed by atoms with Crippen LogP contribution >= 0.6 is 11.3 Å². The van der Waals surface area contributed by atoms with Gasteiger partial charge in [0.05, 0.1) is 0 Å². The monoisotopic (exact) mass is 290 g/mol. The van der Waals surface area contributed by atoms with E-state index in [2.05, 4.69) is 25.9 Å². The van der Waals surface area contributed by atoms with Gasteiger partial charge in [0.15, 0.2) is 5.82 Å². The molecule has 0 saturated heterocycles. The van der Waals surface area contributed by atoms with Gasteiger partial charge in [0, 0.05) is 24.2 Å². The highest BCUT2D eigenvalue weighted by molar-refractivity contribution is 7.15. The first-order chi connectivity index (χ1) is 9.78. The van der Waals surface area contributed by atoms with Crippen molar-refractivity contribution in [2.24, 2.45) is 0 Å². The molecule has 0 atom stereocenters. The van der Waals surface area contributed by atoms with E-state index in [1.807, 2.05) is 10.7 Å². The Hall–Kier alpha value is -1.96. The predicted molar refractivity (Wildman–Crippen MR) is 75.1 cm³/mol. The van der Waals surface area contributed by atoms with E-state index < -0.39 is 0 Å². The molecule has 0 spiro atoms. The number of aryl methyl sites for hydroxylation is 2. The van der Waals surface area contributed by atoms with E-state index in [0.29, 0.717) is 16.9 Å². The van der Waals surface area contributed by atoms with Crippen molar-refractivity contribution in [1.29, 1.82) is 0 Å². The van der Waals surface area contributed by atoms with Crippen molar-refractivity contribution < 1.29 is 4.79 Å². The van der Waals surface area contributed by atoms with E-state index in [0.717, 1.165) is 24.4 Å². The first kappa shape index (κ1) is 11.8. The summed E-state index contributed by atoms with van der Waals surface area (Å²) in [7, 11) is 0. The van der Waals surface area contributed by atoms with Crippen LogP contribution in [0.4, 0.5) is 15.7 Å². The standard InChI is InChI=1S/C12H14N6OS/c19-11(13-9-6-8-2-1-5-18(8)17-9)14-12-16-15-10(20-12)7-3-4-7/h6-7H,1-5H2,(H2,13,14,16,17,19). The second-order valence-electron chi connectivity index (χ2n) is 5.15. The Balaban J connectivity index is 1.39. The molecular formula is C12H14N6OS. The minimum absolute atomic E-state index is 0.319. The topological polar surface area (TPSA) is 84.7 Å². The molecular weight excluding hydrogens is 276 g/mol. The van der Waals surface area contributed by atoms with Gasteiger partial charge in [-0.3, -0.25) is 15.3 Å². The summed E-state index contributed by atoms with van der Waals surface area (Å²) in [6.07, 6.45) is 4.52. The fourth-order valence-corrected chi connectivity index (χ4v) is 3.25. The number of urea groups is 1. The van der Waals surface area contributed by atoms with Crippen LogP contribution in [0.2, 0.25) is 0 Å². The van der Waals surface area contributed by atoms with Crippen molar-refractivity contribution in [3.8, 4) is 0 Å². The largest absolute Gasteiger partial charge is 0.326 e. The van der Waals surface area contributed by atoms with Crippen LogP contribution in [0.25, 0.3) is 0 Å². The lowest BCUT2D eigenvalue weighted by Crippen LogP contribution is -2.19. The number of hydrogen-bond acceptors (Lipinski definition) is 5. The van der Waals surface area contributed by atoms with Gasteiger partial charge in [-0.15, -0.1) is 10.2 Å². The van der Waals surface area contributed by atoms with E-state index in [1.165, 1.54) is 29.9 Å². The molecule has 2 aromatic rings. The summed E-state index contributed by atoms with van der Waals surface area (Å²) in [4.78, 5) is 11.9. The normalized spacial score (nSPS) is 17.0. The zero-order chi connectivity index (χ0) is 13.5. The smallest absolute Gasteiger partial charge is 0.291 e. The maximum Gasteiger partial charge on any atom is 0.326 e. The molecule has 1 aliphatic carbocycles. The van der Waals surface area contributed by atoms with Crippen molar-refractivity contribution in [3.05, 3.63) is 16.8 Å². The average molecular weight is 290 g/mol. The third-order valence-electron chi connectivity index (χ3n) is 3.50. The molecule has 3 heterocycles. The van der Waals surface area contributed by atoms with Crippen LogP contribution in [-0.4, -0.2) is 26.0 Å². The van der Waals surface area contributed by atoms with Crippen LogP contribution < -0.4 is 10.6 Å². The molecule has 0 radical (unpaired) electrons. The van der Waals surface area contributed by atoms with Gasteiger partial charge in [-0.2, -0.15) is 5.10 Å². The van der Waals surface area contributed by atoms with Crippen LogP contribution in [-0.2, 0) is 13.0 Å². The lowest BCUT2D eigenvalue weighted by molar-refractivity contribution is 0.262. The summed E-state index contributed by atoms with van der Waals surface area (Å²) >= 11 is 1.45. The number of carbonyl (C=O) groups excluding carboxylic acids is 1. The van der Waals surface area contributed by atoms with Crippen molar-refractivity contribution >= 4 is 28.3 Å². The molecule has 0 bridgehead atoms. The highest BCUT2D eigenvalue weighted by Gasteiger charge is 2.27. The van der Waals surface area contributed by atoms with Gasteiger partial charge < -0.3 is 0 Å². The van der Waals surface area contributed by atoms with Crippen LogP contribution in [0.15, 0.2) is 6.07 Å². The molecule has 7 nitrogen and oxygen atoms in total. The molecule has 1 saturated carbocycles. The highest BCUT2D eigenvalue weighted by Crippen LogP contribution is 2.42. The molecule has 0 unspecified atom stereocenters. The van der Waals surface area contributed by atoms with E-state index in [4.69, 9.17) is 0 Å². The van der Waals surface area contributed by atoms with Crippen LogP contribution in [0.5, 0.6) is 0 Å². The Kier molecular flexibility index (Phi) is 2.69. The van der Waals surface area contributed by atoms with Gasteiger partial charge in [0.1, 0.15) is 5.01 Å². The third kappa shape index (κ3) is 2.26. The maximum atomic E-state index is 11.9. The number of anilines is 2. The number of nitrogens with one attached hydrogen (secondary N) is 2. The summed E-state index contributed by atoms with van der Waals surface area (Å²) in [6, 6.07) is 1.60. The molecule has 2 aliphatic rings. The fourth-order valence-electron chi connectivity index (χ4n) is 2.35. The minimum atomic E-state index is -0.319. The van der Waals surface area contributed by atoms with Gasteiger partial charge in [-0.1, -0.05) is 11.3 Å². The Morgan fingerprint density at radius 3 is 3.05 bits per heavy atom. The maximum absolute atomic E-state index is 11.9. The summed E-state index contributed by atoms with van der Waals surface area (Å²) in [6.45, 7) is 0.930. The molecule has 8 heteroatoms.